The van der Waals surface area contributed by atoms with E-state index in [-0.39, 0.29) is 28.0 Å². The first-order valence-corrected chi connectivity index (χ1v) is 9.68. The molecule has 0 fully saturated rings. The molecule has 0 saturated heterocycles. The zero-order valence-electron chi connectivity index (χ0n) is 17.2. The second-order valence-corrected chi connectivity index (χ2v) is 7.04. The van der Waals surface area contributed by atoms with Crippen LogP contribution in [0.1, 0.15) is 52.6 Å². The number of methoxy groups -OCH3 is 1. The van der Waals surface area contributed by atoms with Gasteiger partial charge in [-0.2, -0.15) is 0 Å². The van der Waals surface area contributed by atoms with Crippen LogP contribution in [0.3, 0.4) is 0 Å². The number of carbonyl (C=O) groups excluding carboxylic acids is 4. The van der Waals surface area contributed by atoms with Crippen molar-refractivity contribution in [3.63, 3.8) is 0 Å². The number of benzene rings is 3. The van der Waals surface area contributed by atoms with Gasteiger partial charge in [0.15, 0.2) is 12.4 Å². The number of carbonyl (C=O) groups is 4. The molecule has 0 N–H and O–H groups in total. The second kappa shape index (κ2) is 8.46. The van der Waals surface area contributed by atoms with Crippen molar-refractivity contribution < 1.29 is 33.6 Å². The molecule has 9 heteroatoms. The number of rotatable bonds is 6. The summed E-state index contributed by atoms with van der Waals surface area (Å²) in [6.45, 7) is -0.705. The summed E-state index contributed by atoms with van der Waals surface area (Å²) < 4.78 is 10.1. The first-order valence-electron chi connectivity index (χ1n) is 9.68. The quantitative estimate of drug-likeness (QED) is 0.191. The highest BCUT2D eigenvalue weighted by molar-refractivity contribution is 6.30. The first kappa shape index (κ1) is 21.6. The molecular formula is C24H15NO8. The first-order chi connectivity index (χ1) is 15.8. The summed E-state index contributed by atoms with van der Waals surface area (Å²) in [5, 5.41) is 11.9. The highest BCUT2D eigenvalue weighted by atomic mass is 16.6. The summed E-state index contributed by atoms with van der Waals surface area (Å²) in [5.74, 6) is -2.78. The predicted molar refractivity (Wildman–Crippen MR) is 114 cm³/mol. The third-order valence-electron chi connectivity index (χ3n) is 5.21. The minimum absolute atomic E-state index is 0.00923. The van der Waals surface area contributed by atoms with Crippen molar-refractivity contribution >= 4 is 29.0 Å². The van der Waals surface area contributed by atoms with E-state index in [1.165, 1.54) is 37.4 Å². The van der Waals surface area contributed by atoms with Crippen LogP contribution >= 0.6 is 0 Å². The van der Waals surface area contributed by atoms with E-state index in [2.05, 4.69) is 0 Å². The number of esters is 1. The second-order valence-electron chi connectivity index (χ2n) is 7.04. The van der Waals surface area contributed by atoms with Gasteiger partial charge in [0.2, 0.25) is 11.6 Å². The van der Waals surface area contributed by atoms with E-state index in [4.69, 9.17) is 9.47 Å². The van der Waals surface area contributed by atoms with Gasteiger partial charge < -0.3 is 9.47 Å². The number of ketones is 3. The van der Waals surface area contributed by atoms with Crippen molar-refractivity contribution in [1.82, 2.24) is 0 Å². The molecule has 3 aromatic rings. The Hall–Kier alpha value is -4.66. The molecule has 1 aliphatic rings. The number of hydrogen-bond acceptors (Lipinski definition) is 8. The van der Waals surface area contributed by atoms with Gasteiger partial charge in [0.1, 0.15) is 16.9 Å². The molecule has 0 radical (unpaired) electrons. The summed E-state index contributed by atoms with van der Waals surface area (Å²) in [6.07, 6.45) is 0. The van der Waals surface area contributed by atoms with Gasteiger partial charge in [-0.25, -0.2) is 4.79 Å². The predicted octanol–water partition coefficient (Wildman–Crippen LogP) is 3.42. The lowest BCUT2D eigenvalue weighted by Gasteiger charge is -2.18. The standard InChI is InChI=1S/C24H15NO8/c1-32-19-9-5-4-8-15(19)18(26)12-33-24(29)17-11-10-16-20(21(17)25(30)31)23(28)14-7-3-2-6-13(14)22(16)27/h2-11H,12H2,1H3. The molecule has 0 bridgehead atoms. The number of hydrogen-bond donors (Lipinski definition) is 0. The normalized spacial score (nSPS) is 11.9. The van der Waals surface area contributed by atoms with Gasteiger partial charge in [0.05, 0.1) is 17.6 Å². The number of nitro groups is 1. The SMILES string of the molecule is COc1ccccc1C(=O)COC(=O)c1ccc2c(c1[N+](=O)[O-])C(=O)c1ccccc1C2=O. The Morgan fingerprint density at radius 3 is 2.15 bits per heavy atom. The van der Waals surface area contributed by atoms with E-state index in [1.54, 1.807) is 24.3 Å². The fraction of sp³-hybridized carbons (Fsp3) is 0.0833. The summed E-state index contributed by atoms with van der Waals surface area (Å²) in [6, 6.07) is 14.5. The molecule has 0 unspecified atom stereocenters. The van der Waals surface area contributed by atoms with Crippen LogP contribution in [0.25, 0.3) is 0 Å². The Morgan fingerprint density at radius 1 is 0.848 bits per heavy atom. The van der Waals surface area contributed by atoms with Crippen LogP contribution in [0.15, 0.2) is 60.7 Å². The molecule has 9 nitrogen and oxygen atoms in total. The number of ether oxygens (including phenoxy) is 2. The van der Waals surface area contributed by atoms with Crippen molar-refractivity contribution in [2.75, 3.05) is 13.7 Å². The molecule has 164 valence electrons. The van der Waals surface area contributed by atoms with Gasteiger partial charge in [0.25, 0.3) is 5.69 Å². The molecule has 0 saturated carbocycles. The average molecular weight is 445 g/mol. The summed E-state index contributed by atoms with van der Waals surface area (Å²) in [7, 11) is 1.38. The van der Waals surface area contributed by atoms with Crippen molar-refractivity contribution in [2.45, 2.75) is 0 Å². The maximum atomic E-state index is 13.0. The van der Waals surface area contributed by atoms with Crippen molar-refractivity contribution in [1.29, 1.82) is 0 Å². The molecule has 33 heavy (non-hydrogen) atoms. The molecule has 1 aliphatic carbocycles. The Labute approximate surface area is 186 Å². The molecule has 3 aromatic carbocycles. The van der Waals surface area contributed by atoms with Gasteiger partial charge in [-0.05, 0) is 24.3 Å². The minimum Gasteiger partial charge on any atom is -0.496 e. The van der Waals surface area contributed by atoms with Crippen LogP contribution in [-0.4, -0.2) is 42.0 Å². The third-order valence-corrected chi connectivity index (χ3v) is 5.21. The Bertz CT molecular complexity index is 1360. The highest BCUT2D eigenvalue weighted by Crippen LogP contribution is 2.35. The molecule has 0 aromatic heterocycles. The Kier molecular flexibility index (Phi) is 5.53. The number of nitro benzene ring substituents is 1. The van der Waals surface area contributed by atoms with Crippen molar-refractivity contribution in [3.8, 4) is 5.75 Å². The van der Waals surface area contributed by atoms with E-state index < -0.39 is 51.7 Å². The Morgan fingerprint density at radius 2 is 1.48 bits per heavy atom. The summed E-state index contributed by atoms with van der Waals surface area (Å²) in [5.41, 5.74) is -1.72. The maximum absolute atomic E-state index is 13.0. The van der Waals surface area contributed by atoms with E-state index in [9.17, 15) is 29.3 Å². The number of para-hydroxylation sites is 1. The lowest BCUT2D eigenvalue weighted by Crippen LogP contribution is -2.24. The van der Waals surface area contributed by atoms with E-state index >= 15 is 0 Å². The zero-order valence-corrected chi connectivity index (χ0v) is 17.2. The maximum Gasteiger partial charge on any atom is 0.345 e. The lowest BCUT2D eigenvalue weighted by molar-refractivity contribution is -0.385. The van der Waals surface area contributed by atoms with Crippen molar-refractivity contribution in [2.24, 2.45) is 0 Å². The fourth-order valence-electron chi connectivity index (χ4n) is 3.69. The van der Waals surface area contributed by atoms with Gasteiger partial charge >= 0.3 is 5.97 Å². The summed E-state index contributed by atoms with van der Waals surface area (Å²) in [4.78, 5) is 61.9. The smallest absolute Gasteiger partial charge is 0.345 e. The topological polar surface area (TPSA) is 130 Å². The molecule has 0 heterocycles. The number of Topliss-reactive ketones (excluding diaryl/α,β-unsaturated/α-hetero) is 1. The number of nitrogens with zero attached hydrogens (tertiary/aromatic N) is 1. The zero-order chi connectivity index (χ0) is 23.7. The van der Waals surface area contributed by atoms with Crippen LogP contribution in [0, 0.1) is 10.1 Å². The van der Waals surface area contributed by atoms with Crippen LogP contribution in [0.5, 0.6) is 5.75 Å². The molecule has 0 amide bonds. The molecular weight excluding hydrogens is 430 g/mol. The monoisotopic (exact) mass is 445 g/mol. The fourth-order valence-corrected chi connectivity index (χ4v) is 3.69. The average Bonchev–Trinajstić information content (AvgIpc) is 2.84. The van der Waals surface area contributed by atoms with E-state index in [1.807, 2.05) is 0 Å². The lowest BCUT2D eigenvalue weighted by atomic mass is 9.82. The van der Waals surface area contributed by atoms with Gasteiger partial charge in [-0.15, -0.1) is 0 Å². The minimum atomic E-state index is -1.17. The highest BCUT2D eigenvalue weighted by Gasteiger charge is 2.39. The van der Waals surface area contributed by atoms with Gasteiger partial charge in [-0.3, -0.25) is 24.5 Å². The van der Waals surface area contributed by atoms with Crippen molar-refractivity contribution in [3.05, 3.63) is 104 Å². The third kappa shape index (κ3) is 3.65. The van der Waals surface area contributed by atoms with Gasteiger partial charge in [0, 0.05) is 16.7 Å². The summed E-state index contributed by atoms with van der Waals surface area (Å²) >= 11 is 0. The van der Waals surface area contributed by atoms with Crippen LogP contribution in [0.4, 0.5) is 5.69 Å². The largest absolute Gasteiger partial charge is 0.496 e. The van der Waals surface area contributed by atoms with Crippen LogP contribution < -0.4 is 4.74 Å². The van der Waals surface area contributed by atoms with E-state index in [0.29, 0.717) is 0 Å². The van der Waals surface area contributed by atoms with Crippen LogP contribution in [0.2, 0.25) is 0 Å². The van der Waals surface area contributed by atoms with Crippen LogP contribution in [-0.2, 0) is 4.74 Å². The van der Waals surface area contributed by atoms with E-state index in [0.717, 1.165) is 6.07 Å². The molecule has 4 rings (SSSR count). The molecule has 0 atom stereocenters. The van der Waals surface area contributed by atoms with Gasteiger partial charge in [-0.1, -0.05) is 36.4 Å². The number of fused-ring (bicyclic) bond motifs is 2. The Balaban J connectivity index is 1.68. The molecule has 0 spiro atoms. The molecule has 0 aliphatic heterocycles.